The first-order valence-corrected chi connectivity index (χ1v) is 11.0. The van der Waals surface area contributed by atoms with Crippen molar-refractivity contribution in [2.24, 2.45) is 5.92 Å². The zero-order valence-electron chi connectivity index (χ0n) is 18.2. The van der Waals surface area contributed by atoms with Crippen molar-refractivity contribution in [1.82, 2.24) is 10.2 Å². The van der Waals surface area contributed by atoms with Crippen LogP contribution < -0.4 is 14.8 Å². The molecule has 1 saturated carbocycles. The second-order valence-corrected chi connectivity index (χ2v) is 8.41. The average molecular weight is 423 g/mol. The summed E-state index contributed by atoms with van der Waals surface area (Å²) in [5.41, 5.74) is 1.58. The maximum absolute atomic E-state index is 12.6. The number of piperidine rings is 1. The largest absolute Gasteiger partial charge is 0.497 e. The normalized spacial score (nSPS) is 17.7. The van der Waals surface area contributed by atoms with E-state index in [2.05, 4.69) is 5.32 Å². The first kappa shape index (κ1) is 21.2. The van der Waals surface area contributed by atoms with Crippen molar-refractivity contribution >= 4 is 11.8 Å². The number of carbonyl (C=O) groups excluding carboxylic acids is 2. The molecular formula is C25H30N2O4. The molecule has 6 nitrogen and oxygen atoms in total. The Morgan fingerprint density at radius 1 is 1.00 bits per heavy atom. The number of amides is 2. The molecule has 6 heteroatoms. The van der Waals surface area contributed by atoms with Crippen molar-refractivity contribution in [3.8, 4) is 11.5 Å². The fourth-order valence-electron chi connectivity index (χ4n) is 3.93. The number of nitrogens with one attached hydrogen (secondary N) is 1. The van der Waals surface area contributed by atoms with Gasteiger partial charge in [0, 0.05) is 37.4 Å². The van der Waals surface area contributed by atoms with E-state index in [1.165, 1.54) is 0 Å². The molecule has 0 aromatic heterocycles. The Hall–Kier alpha value is -3.02. The van der Waals surface area contributed by atoms with Gasteiger partial charge >= 0.3 is 0 Å². The Labute approximate surface area is 183 Å². The Balaban J connectivity index is 1.27. The fraction of sp³-hybridized carbons (Fsp3) is 0.440. The van der Waals surface area contributed by atoms with E-state index in [1.54, 1.807) is 19.2 Å². The summed E-state index contributed by atoms with van der Waals surface area (Å²) in [7, 11) is 1.63. The summed E-state index contributed by atoms with van der Waals surface area (Å²) in [6.07, 6.45) is 3.90. The molecule has 0 bridgehead atoms. The molecule has 2 amide bonds. The molecule has 0 unspecified atom stereocenters. The van der Waals surface area contributed by atoms with Crippen LogP contribution in [0.3, 0.4) is 0 Å². The van der Waals surface area contributed by atoms with Gasteiger partial charge in [0.25, 0.3) is 5.91 Å². The van der Waals surface area contributed by atoms with Gasteiger partial charge in [-0.3, -0.25) is 9.59 Å². The number of hydrogen-bond donors (Lipinski definition) is 1. The molecule has 1 aliphatic heterocycles. The number of nitrogens with zero attached hydrogens (tertiary/aromatic N) is 1. The van der Waals surface area contributed by atoms with E-state index in [9.17, 15) is 9.59 Å². The molecule has 4 rings (SSSR count). The zero-order chi connectivity index (χ0) is 21.8. The molecule has 2 fully saturated rings. The molecule has 1 N–H and O–H groups in total. The van der Waals surface area contributed by atoms with Gasteiger partial charge in [-0.15, -0.1) is 0 Å². The van der Waals surface area contributed by atoms with Crippen LogP contribution in [0.5, 0.6) is 11.5 Å². The average Bonchev–Trinajstić information content (AvgIpc) is 3.65. The van der Waals surface area contributed by atoms with E-state index >= 15 is 0 Å². The van der Waals surface area contributed by atoms with E-state index in [-0.39, 0.29) is 24.0 Å². The van der Waals surface area contributed by atoms with Gasteiger partial charge < -0.3 is 19.7 Å². The molecule has 1 aliphatic carbocycles. The van der Waals surface area contributed by atoms with Crippen LogP contribution in [0, 0.1) is 5.92 Å². The lowest BCUT2D eigenvalue weighted by atomic mass is 10.1. The molecule has 0 radical (unpaired) electrons. The van der Waals surface area contributed by atoms with Gasteiger partial charge in [0.05, 0.1) is 13.2 Å². The fourth-order valence-corrected chi connectivity index (χ4v) is 3.93. The van der Waals surface area contributed by atoms with Crippen LogP contribution in [-0.2, 0) is 4.79 Å². The van der Waals surface area contributed by atoms with Crippen molar-refractivity contribution in [3.63, 3.8) is 0 Å². The highest BCUT2D eigenvalue weighted by Crippen LogP contribution is 2.32. The Bertz CT molecular complexity index is 915. The Morgan fingerprint density at radius 3 is 2.35 bits per heavy atom. The summed E-state index contributed by atoms with van der Waals surface area (Å²) >= 11 is 0. The second kappa shape index (κ2) is 9.41. The molecule has 164 valence electrons. The molecule has 2 aromatic rings. The number of likely N-dealkylation sites (tertiary alicyclic amines) is 1. The standard InChI is InChI=1S/C25H30N2O4/c1-17(20-4-3-5-23(16-20)30-2)26-24(28)18-8-10-21(11-9-18)31-22-12-14-27(15-13-22)25(29)19-6-7-19/h3-5,8-11,16-17,19,22H,6-7,12-15H2,1-2H3,(H,26,28)/t17-/m1/s1. The van der Waals surface area contributed by atoms with E-state index in [1.807, 2.05) is 48.2 Å². The van der Waals surface area contributed by atoms with E-state index < -0.39 is 0 Å². The third-order valence-electron chi connectivity index (χ3n) is 6.04. The molecule has 31 heavy (non-hydrogen) atoms. The summed E-state index contributed by atoms with van der Waals surface area (Å²) in [5.74, 6) is 1.99. The quantitative estimate of drug-likeness (QED) is 0.733. The lowest BCUT2D eigenvalue weighted by Crippen LogP contribution is -2.42. The zero-order valence-corrected chi connectivity index (χ0v) is 18.2. The van der Waals surface area contributed by atoms with Gasteiger partial charge in [0.15, 0.2) is 0 Å². The van der Waals surface area contributed by atoms with Crippen molar-refractivity contribution in [2.75, 3.05) is 20.2 Å². The van der Waals surface area contributed by atoms with Gasteiger partial charge in [-0.2, -0.15) is 0 Å². The summed E-state index contributed by atoms with van der Waals surface area (Å²) < 4.78 is 11.3. The highest BCUT2D eigenvalue weighted by atomic mass is 16.5. The maximum atomic E-state index is 12.6. The smallest absolute Gasteiger partial charge is 0.251 e. The van der Waals surface area contributed by atoms with Crippen molar-refractivity contribution < 1.29 is 19.1 Å². The summed E-state index contributed by atoms with van der Waals surface area (Å²) in [6.45, 7) is 3.48. The van der Waals surface area contributed by atoms with Crippen LogP contribution in [0.4, 0.5) is 0 Å². The highest BCUT2D eigenvalue weighted by molar-refractivity contribution is 5.94. The maximum Gasteiger partial charge on any atom is 0.251 e. The first-order chi connectivity index (χ1) is 15.0. The molecule has 1 heterocycles. The number of methoxy groups -OCH3 is 1. The summed E-state index contributed by atoms with van der Waals surface area (Å²) in [6, 6.07) is 14.8. The van der Waals surface area contributed by atoms with Crippen LogP contribution in [0.15, 0.2) is 48.5 Å². The van der Waals surface area contributed by atoms with Crippen LogP contribution in [-0.4, -0.2) is 43.0 Å². The van der Waals surface area contributed by atoms with Gasteiger partial charge in [0.2, 0.25) is 5.91 Å². The van der Waals surface area contributed by atoms with Crippen LogP contribution in [0.2, 0.25) is 0 Å². The minimum Gasteiger partial charge on any atom is -0.497 e. The van der Waals surface area contributed by atoms with E-state index in [0.717, 1.165) is 55.8 Å². The van der Waals surface area contributed by atoms with Gasteiger partial charge in [0.1, 0.15) is 17.6 Å². The molecule has 1 saturated heterocycles. The number of benzene rings is 2. The molecule has 0 spiro atoms. The third kappa shape index (κ3) is 5.37. The Morgan fingerprint density at radius 2 is 1.71 bits per heavy atom. The minimum atomic E-state index is -0.137. The monoisotopic (exact) mass is 422 g/mol. The molecule has 2 aliphatic rings. The van der Waals surface area contributed by atoms with Gasteiger partial charge in [-0.25, -0.2) is 0 Å². The molecular weight excluding hydrogens is 392 g/mol. The van der Waals surface area contributed by atoms with Crippen LogP contribution in [0.25, 0.3) is 0 Å². The lowest BCUT2D eigenvalue weighted by molar-refractivity contribution is -0.134. The first-order valence-electron chi connectivity index (χ1n) is 11.0. The van der Waals surface area contributed by atoms with Gasteiger partial charge in [-0.05, 0) is 61.7 Å². The minimum absolute atomic E-state index is 0.107. The Kier molecular flexibility index (Phi) is 6.44. The van der Waals surface area contributed by atoms with Crippen molar-refractivity contribution in [2.45, 2.75) is 44.8 Å². The SMILES string of the molecule is COc1cccc([C@@H](C)NC(=O)c2ccc(OC3CCN(C(=O)C4CC4)CC3)cc2)c1. The van der Waals surface area contributed by atoms with E-state index in [0.29, 0.717) is 11.5 Å². The van der Waals surface area contributed by atoms with Crippen molar-refractivity contribution in [3.05, 3.63) is 59.7 Å². The lowest BCUT2D eigenvalue weighted by Gasteiger charge is -2.32. The van der Waals surface area contributed by atoms with E-state index in [4.69, 9.17) is 9.47 Å². The number of carbonyl (C=O) groups is 2. The van der Waals surface area contributed by atoms with Crippen LogP contribution >= 0.6 is 0 Å². The summed E-state index contributed by atoms with van der Waals surface area (Å²) in [4.78, 5) is 26.8. The molecule has 2 aromatic carbocycles. The second-order valence-electron chi connectivity index (χ2n) is 8.41. The topological polar surface area (TPSA) is 67.9 Å². The molecule has 1 atom stereocenters. The van der Waals surface area contributed by atoms with Crippen LogP contribution in [0.1, 0.15) is 54.6 Å². The summed E-state index contributed by atoms with van der Waals surface area (Å²) in [5, 5.41) is 3.02. The highest BCUT2D eigenvalue weighted by Gasteiger charge is 2.35. The predicted octanol–water partition coefficient (Wildman–Crippen LogP) is 3.97. The number of ether oxygens (including phenoxy) is 2. The van der Waals surface area contributed by atoms with Crippen molar-refractivity contribution in [1.29, 1.82) is 0 Å². The predicted molar refractivity (Wildman–Crippen MR) is 118 cm³/mol. The van der Waals surface area contributed by atoms with Gasteiger partial charge in [-0.1, -0.05) is 12.1 Å². The number of hydrogen-bond acceptors (Lipinski definition) is 4. The third-order valence-corrected chi connectivity index (χ3v) is 6.04. The number of rotatable bonds is 7.